The van der Waals surface area contributed by atoms with Crippen LogP contribution in [0.2, 0.25) is 0 Å². The van der Waals surface area contributed by atoms with E-state index in [2.05, 4.69) is 5.32 Å². The van der Waals surface area contributed by atoms with Crippen molar-refractivity contribution in [3.05, 3.63) is 0 Å². The fourth-order valence-electron chi connectivity index (χ4n) is 1.75. The predicted octanol–water partition coefficient (Wildman–Crippen LogP) is 0.805. The van der Waals surface area contributed by atoms with Crippen LogP contribution >= 0.6 is 0 Å². The zero-order valence-corrected chi connectivity index (χ0v) is 16.4. The third-order valence-corrected chi connectivity index (χ3v) is 6.50. The molecular formula is C15H33N3O4S. The van der Waals surface area contributed by atoms with E-state index < -0.39 is 27.9 Å². The summed E-state index contributed by atoms with van der Waals surface area (Å²) < 4.78 is 27.6. The second-order valence-electron chi connectivity index (χ2n) is 6.94. The van der Waals surface area contributed by atoms with Gasteiger partial charge in [0.15, 0.2) is 0 Å². The van der Waals surface area contributed by atoms with Crippen molar-refractivity contribution in [1.82, 2.24) is 13.9 Å². The van der Waals surface area contributed by atoms with E-state index in [4.69, 9.17) is 0 Å². The Balaban J connectivity index is 4.92. The lowest BCUT2D eigenvalue weighted by molar-refractivity contribution is -0.125. The minimum atomic E-state index is -3.69. The Morgan fingerprint density at radius 1 is 1.22 bits per heavy atom. The van der Waals surface area contributed by atoms with Crippen molar-refractivity contribution in [2.45, 2.75) is 65.6 Å². The molecule has 2 atom stereocenters. The molecule has 0 radical (unpaired) electrons. The Kier molecular flexibility index (Phi) is 8.16. The van der Waals surface area contributed by atoms with Gasteiger partial charge in [0.1, 0.15) is 0 Å². The van der Waals surface area contributed by atoms with Gasteiger partial charge in [-0.15, -0.1) is 0 Å². The molecular weight excluding hydrogens is 318 g/mol. The summed E-state index contributed by atoms with van der Waals surface area (Å²) in [7, 11) is -0.726. The molecule has 0 bridgehead atoms. The highest BCUT2D eigenvalue weighted by Gasteiger charge is 2.35. The summed E-state index contributed by atoms with van der Waals surface area (Å²) in [5.74, 6) is -0.367. The number of hydrogen-bond acceptors (Lipinski definition) is 4. The number of likely N-dealkylation sites (N-methyl/N-ethyl adjacent to an activating group) is 1. The number of hydrogen-bond donors (Lipinski definition) is 2. The molecule has 0 aromatic carbocycles. The van der Waals surface area contributed by atoms with Gasteiger partial charge in [0, 0.05) is 32.1 Å². The van der Waals surface area contributed by atoms with Crippen LogP contribution in [0.3, 0.4) is 0 Å². The Morgan fingerprint density at radius 2 is 1.70 bits per heavy atom. The molecule has 0 heterocycles. The largest absolute Gasteiger partial charge is 0.390 e. The minimum absolute atomic E-state index is 0.0913. The number of carbonyl (C=O) groups excluding carboxylic acids is 1. The van der Waals surface area contributed by atoms with Crippen LogP contribution in [0.5, 0.6) is 0 Å². The van der Waals surface area contributed by atoms with E-state index in [1.54, 1.807) is 20.8 Å². The second-order valence-corrected chi connectivity index (χ2v) is 9.01. The molecule has 0 aromatic rings. The fraction of sp³-hybridized carbons (Fsp3) is 0.933. The van der Waals surface area contributed by atoms with Gasteiger partial charge in [0.05, 0.1) is 12.1 Å². The molecule has 0 saturated carbocycles. The molecule has 0 fully saturated rings. The fourth-order valence-corrected chi connectivity index (χ4v) is 3.26. The van der Waals surface area contributed by atoms with E-state index in [0.29, 0.717) is 6.42 Å². The molecule has 23 heavy (non-hydrogen) atoms. The zero-order chi connectivity index (χ0) is 18.6. The first-order valence-electron chi connectivity index (χ1n) is 7.96. The number of amides is 1. The maximum atomic E-state index is 12.6. The topological polar surface area (TPSA) is 90.0 Å². The van der Waals surface area contributed by atoms with Gasteiger partial charge < -0.3 is 10.4 Å². The van der Waals surface area contributed by atoms with E-state index in [0.717, 1.165) is 4.31 Å². The summed E-state index contributed by atoms with van der Waals surface area (Å²) in [6.07, 6.45) is -0.324. The third kappa shape index (κ3) is 6.02. The number of carbonyl (C=O) groups is 1. The lowest BCUT2D eigenvalue weighted by Gasteiger charge is -2.37. The average Bonchev–Trinajstić information content (AvgIpc) is 2.45. The number of aliphatic hydroxyl groups excluding tert-OH is 1. The summed E-state index contributed by atoms with van der Waals surface area (Å²) in [4.78, 5) is 11.7. The average molecular weight is 352 g/mol. The van der Waals surface area contributed by atoms with Crippen LogP contribution < -0.4 is 5.32 Å². The van der Waals surface area contributed by atoms with Gasteiger partial charge >= 0.3 is 0 Å². The Bertz CT molecular complexity index is 491. The summed E-state index contributed by atoms with van der Waals surface area (Å²) in [5.41, 5.74) is -0.518. The van der Waals surface area contributed by atoms with Crippen LogP contribution in [0, 0.1) is 5.92 Å². The number of nitrogens with zero attached hydrogens (tertiary/aromatic N) is 2. The van der Waals surface area contributed by atoms with Crippen molar-refractivity contribution in [3.63, 3.8) is 0 Å². The molecule has 0 aliphatic carbocycles. The Hall–Kier alpha value is -0.700. The lowest BCUT2D eigenvalue weighted by Crippen LogP contribution is -2.53. The predicted molar refractivity (Wildman–Crippen MR) is 92.1 cm³/mol. The maximum Gasteiger partial charge on any atom is 0.282 e. The molecule has 0 aromatic heterocycles. The standard InChI is InChI=1S/C15H33N3O4S/c1-9-15(5,6)18(8)23(21,22)17(7)10-13(19)12(4)16-14(20)11(2)3/h11-13,19H,9-10H2,1-8H3,(H,16,20)/t12-,13?/m0/s1. The van der Waals surface area contributed by atoms with E-state index in [-0.39, 0.29) is 18.4 Å². The maximum absolute atomic E-state index is 12.6. The molecule has 8 heteroatoms. The second kappa shape index (κ2) is 8.41. The molecule has 1 unspecified atom stereocenters. The van der Waals surface area contributed by atoms with Crippen LogP contribution in [-0.4, -0.2) is 66.4 Å². The van der Waals surface area contributed by atoms with Crippen LogP contribution in [0.1, 0.15) is 48.0 Å². The van der Waals surface area contributed by atoms with Gasteiger partial charge in [-0.2, -0.15) is 17.0 Å². The van der Waals surface area contributed by atoms with Gasteiger partial charge in [0.25, 0.3) is 10.2 Å². The summed E-state index contributed by atoms with van der Waals surface area (Å²) >= 11 is 0. The zero-order valence-electron chi connectivity index (χ0n) is 15.6. The molecule has 7 nitrogen and oxygen atoms in total. The van der Waals surface area contributed by atoms with Gasteiger partial charge in [0.2, 0.25) is 5.91 Å². The highest BCUT2D eigenvalue weighted by molar-refractivity contribution is 7.86. The Morgan fingerprint density at radius 3 is 2.09 bits per heavy atom. The molecule has 0 saturated heterocycles. The van der Waals surface area contributed by atoms with Crippen LogP contribution in [0.15, 0.2) is 0 Å². The van der Waals surface area contributed by atoms with Crippen LogP contribution in [0.25, 0.3) is 0 Å². The van der Waals surface area contributed by atoms with Gasteiger partial charge in [-0.05, 0) is 27.2 Å². The minimum Gasteiger partial charge on any atom is -0.390 e. The Labute approximate surface area is 141 Å². The van der Waals surface area contributed by atoms with Gasteiger partial charge in [-0.25, -0.2) is 0 Å². The van der Waals surface area contributed by atoms with Crippen molar-refractivity contribution < 1.29 is 18.3 Å². The van der Waals surface area contributed by atoms with Crippen LogP contribution in [-0.2, 0) is 15.0 Å². The first-order valence-corrected chi connectivity index (χ1v) is 9.35. The van der Waals surface area contributed by atoms with Gasteiger partial charge in [-0.1, -0.05) is 20.8 Å². The van der Waals surface area contributed by atoms with Gasteiger partial charge in [-0.3, -0.25) is 4.79 Å². The normalized spacial score (nSPS) is 16.0. The van der Waals surface area contributed by atoms with Crippen molar-refractivity contribution in [1.29, 1.82) is 0 Å². The highest BCUT2D eigenvalue weighted by Crippen LogP contribution is 2.22. The highest BCUT2D eigenvalue weighted by atomic mass is 32.2. The van der Waals surface area contributed by atoms with Crippen molar-refractivity contribution >= 4 is 16.1 Å². The molecule has 0 aliphatic rings. The first kappa shape index (κ1) is 22.3. The van der Waals surface area contributed by atoms with Crippen molar-refractivity contribution in [2.75, 3.05) is 20.6 Å². The van der Waals surface area contributed by atoms with E-state index in [1.165, 1.54) is 18.4 Å². The number of nitrogens with one attached hydrogen (secondary N) is 1. The third-order valence-electron chi connectivity index (χ3n) is 4.37. The SMILES string of the molecule is CCC(C)(C)N(C)S(=O)(=O)N(C)CC(O)[C@H](C)NC(=O)C(C)C. The van der Waals surface area contributed by atoms with E-state index in [9.17, 15) is 18.3 Å². The number of aliphatic hydroxyl groups is 1. The monoisotopic (exact) mass is 351 g/mol. The molecule has 0 aliphatic heterocycles. The molecule has 1 amide bonds. The van der Waals surface area contributed by atoms with E-state index in [1.807, 2.05) is 20.8 Å². The molecule has 138 valence electrons. The van der Waals surface area contributed by atoms with Crippen LogP contribution in [0.4, 0.5) is 0 Å². The van der Waals surface area contributed by atoms with Crippen molar-refractivity contribution in [3.8, 4) is 0 Å². The smallest absolute Gasteiger partial charge is 0.282 e. The summed E-state index contributed by atoms with van der Waals surface area (Å²) in [5, 5.41) is 12.9. The van der Waals surface area contributed by atoms with Crippen molar-refractivity contribution in [2.24, 2.45) is 5.92 Å². The molecule has 0 rings (SSSR count). The molecule has 2 N–H and O–H groups in total. The quantitative estimate of drug-likeness (QED) is 0.643. The number of rotatable bonds is 9. The first-order chi connectivity index (χ1) is 10.3. The molecule has 0 spiro atoms. The summed E-state index contributed by atoms with van der Waals surface area (Å²) in [6.45, 7) is 10.7. The summed E-state index contributed by atoms with van der Waals surface area (Å²) in [6, 6.07) is -0.535. The lowest BCUT2D eigenvalue weighted by atomic mass is 10.0. The van der Waals surface area contributed by atoms with E-state index >= 15 is 0 Å².